The van der Waals surface area contributed by atoms with E-state index in [1.54, 1.807) is 12.5 Å². The quantitative estimate of drug-likeness (QED) is 0.481. The number of benzene rings is 1. The lowest BCUT2D eigenvalue weighted by Gasteiger charge is -2.08. The molecule has 0 unspecified atom stereocenters. The van der Waals surface area contributed by atoms with Crippen LogP contribution in [-0.4, -0.2) is 31.2 Å². The van der Waals surface area contributed by atoms with Crippen LogP contribution in [-0.2, 0) is 13.0 Å². The average molecular weight is 401 g/mol. The summed E-state index contributed by atoms with van der Waals surface area (Å²) >= 11 is 0. The highest BCUT2D eigenvalue weighted by atomic mass is 16.2. The molecule has 0 saturated heterocycles. The number of aryl methyl sites for hydroxylation is 1. The Morgan fingerprint density at radius 1 is 1.13 bits per heavy atom. The number of hydrogen-bond acceptors (Lipinski definition) is 4. The van der Waals surface area contributed by atoms with Crippen LogP contribution in [0.5, 0.6) is 0 Å². The molecule has 4 aromatic rings. The Morgan fingerprint density at radius 2 is 1.93 bits per heavy atom. The molecule has 152 valence electrons. The molecule has 0 aliphatic heterocycles. The van der Waals surface area contributed by atoms with Crippen LogP contribution in [0.15, 0.2) is 48.9 Å². The topological polar surface area (TPSA) is 92.7 Å². The van der Waals surface area contributed by atoms with Gasteiger partial charge in [-0.25, -0.2) is 9.97 Å². The van der Waals surface area contributed by atoms with Crippen LogP contribution in [0.25, 0.3) is 16.9 Å². The van der Waals surface area contributed by atoms with Gasteiger partial charge in [-0.3, -0.25) is 14.2 Å². The predicted octanol–water partition coefficient (Wildman–Crippen LogP) is 3.75. The van der Waals surface area contributed by atoms with Crippen molar-refractivity contribution in [2.75, 3.05) is 0 Å². The minimum Gasteiger partial charge on any atom is -0.354 e. The number of hydrogen-bond donors (Lipinski definition) is 2. The number of nitrogens with one attached hydrogen (secondary N) is 2. The molecule has 0 saturated carbocycles. The zero-order chi connectivity index (χ0) is 21.3. The first kappa shape index (κ1) is 19.6. The molecule has 0 atom stereocenters. The predicted molar refractivity (Wildman–Crippen MR) is 115 cm³/mol. The van der Waals surface area contributed by atoms with Crippen LogP contribution in [0.2, 0.25) is 0 Å². The van der Waals surface area contributed by atoms with Crippen LogP contribution in [0.1, 0.15) is 51.5 Å². The molecule has 3 heterocycles. The first-order valence-electron chi connectivity index (χ1n) is 9.87. The zero-order valence-corrected chi connectivity index (χ0v) is 17.2. The molecule has 4 rings (SSSR count). The third-order valence-corrected chi connectivity index (χ3v) is 5.19. The molecule has 1 aromatic carbocycles. The molecule has 0 spiro atoms. The van der Waals surface area contributed by atoms with E-state index in [9.17, 15) is 9.59 Å². The second-order valence-electron chi connectivity index (χ2n) is 7.20. The number of carbonyl (C=O) groups is 2. The Hall–Kier alpha value is -3.74. The van der Waals surface area contributed by atoms with Crippen LogP contribution in [0.4, 0.5) is 0 Å². The maximum absolute atomic E-state index is 12.7. The first-order valence-corrected chi connectivity index (χ1v) is 9.87. The molecule has 0 aliphatic carbocycles. The minimum atomic E-state index is -0.230. The van der Waals surface area contributed by atoms with Gasteiger partial charge in [0.05, 0.1) is 11.0 Å². The van der Waals surface area contributed by atoms with Gasteiger partial charge in [-0.05, 0) is 49.6 Å². The molecular formula is C23H23N5O2. The molecule has 2 N–H and O–H groups in total. The second-order valence-corrected chi connectivity index (χ2v) is 7.20. The third kappa shape index (κ3) is 3.50. The van der Waals surface area contributed by atoms with Crippen LogP contribution >= 0.6 is 0 Å². The summed E-state index contributed by atoms with van der Waals surface area (Å²) in [5.74, 6) is 0.497. The van der Waals surface area contributed by atoms with Crippen LogP contribution < -0.4 is 5.32 Å². The van der Waals surface area contributed by atoms with E-state index < -0.39 is 0 Å². The van der Waals surface area contributed by atoms with Crippen molar-refractivity contribution < 1.29 is 9.59 Å². The maximum Gasteiger partial charge on any atom is 0.268 e. The molecule has 0 aliphatic rings. The summed E-state index contributed by atoms with van der Waals surface area (Å²) < 4.78 is 1.93. The number of para-hydroxylation sites is 2. The van der Waals surface area contributed by atoms with Gasteiger partial charge in [0.1, 0.15) is 17.8 Å². The van der Waals surface area contributed by atoms with Gasteiger partial charge >= 0.3 is 0 Å². The Labute approximate surface area is 174 Å². The fourth-order valence-corrected chi connectivity index (χ4v) is 3.78. The normalized spacial score (nSPS) is 11.0. The molecule has 1 amide bonds. The van der Waals surface area contributed by atoms with Gasteiger partial charge in [0.2, 0.25) is 0 Å². The van der Waals surface area contributed by atoms with E-state index in [0.717, 1.165) is 33.7 Å². The lowest BCUT2D eigenvalue weighted by molar-refractivity contribution is 0.0945. The zero-order valence-electron chi connectivity index (χ0n) is 17.2. The summed E-state index contributed by atoms with van der Waals surface area (Å²) in [6.07, 6.45) is 4.10. The number of rotatable bonds is 6. The number of fused-ring (bicyclic) bond motifs is 1. The Kier molecular flexibility index (Phi) is 5.18. The van der Waals surface area contributed by atoms with E-state index >= 15 is 0 Å². The number of aromatic nitrogens is 4. The smallest absolute Gasteiger partial charge is 0.268 e. The third-order valence-electron chi connectivity index (χ3n) is 5.19. The lowest BCUT2D eigenvalue weighted by atomic mass is 10.0. The van der Waals surface area contributed by atoms with Crippen molar-refractivity contribution in [2.45, 2.75) is 33.7 Å². The van der Waals surface area contributed by atoms with Crippen molar-refractivity contribution in [3.63, 3.8) is 0 Å². The summed E-state index contributed by atoms with van der Waals surface area (Å²) in [4.78, 5) is 36.6. The molecular weight excluding hydrogens is 378 g/mol. The molecule has 0 bridgehead atoms. The van der Waals surface area contributed by atoms with Gasteiger partial charge in [0, 0.05) is 24.0 Å². The monoisotopic (exact) mass is 401 g/mol. The highest BCUT2D eigenvalue weighted by Crippen LogP contribution is 2.21. The van der Waals surface area contributed by atoms with E-state index in [0.29, 0.717) is 24.2 Å². The summed E-state index contributed by atoms with van der Waals surface area (Å²) in [6.45, 7) is 5.62. The van der Waals surface area contributed by atoms with Crippen molar-refractivity contribution in [1.29, 1.82) is 0 Å². The molecule has 7 nitrogen and oxygen atoms in total. The number of H-pyrrole nitrogens is 1. The van der Waals surface area contributed by atoms with Gasteiger partial charge < -0.3 is 10.3 Å². The van der Waals surface area contributed by atoms with Gasteiger partial charge in [0.25, 0.3) is 5.91 Å². The highest BCUT2D eigenvalue weighted by Gasteiger charge is 2.21. The number of Topliss-reactive ketones (excluding diaryl/α,β-unsaturated/α-hetero) is 1. The SMILES string of the molecule is CCc1c(C(=O)NCc2ccc(-n3cnc4ccccc43)nc2)[nH]c(C)c1C(C)=O. The van der Waals surface area contributed by atoms with E-state index in [4.69, 9.17) is 0 Å². The lowest BCUT2D eigenvalue weighted by Crippen LogP contribution is -2.24. The van der Waals surface area contributed by atoms with E-state index in [1.807, 2.05) is 54.8 Å². The number of pyridine rings is 1. The van der Waals surface area contributed by atoms with E-state index in [2.05, 4.69) is 20.3 Å². The maximum atomic E-state index is 12.7. The number of ketones is 1. The fraction of sp³-hybridized carbons (Fsp3) is 0.217. The number of nitrogens with zero attached hydrogens (tertiary/aromatic N) is 3. The van der Waals surface area contributed by atoms with Gasteiger partial charge in [-0.2, -0.15) is 0 Å². The molecule has 0 radical (unpaired) electrons. The number of amides is 1. The van der Waals surface area contributed by atoms with Gasteiger partial charge in [0.15, 0.2) is 5.78 Å². The Bertz CT molecular complexity index is 1230. The Morgan fingerprint density at radius 3 is 2.63 bits per heavy atom. The summed E-state index contributed by atoms with van der Waals surface area (Å²) in [6, 6.07) is 11.7. The summed E-state index contributed by atoms with van der Waals surface area (Å²) in [5, 5.41) is 2.91. The van der Waals surface area contributed by atoms with Crippen molar-refractivity contribution in [3.8, 4) is 5.82 Å². The van der Waals surface area contributed by atoms with Gasteiger partial charge in [-0.1, -0.05) is 25.1 Å². The second kappa shape index (κ2) is 7.94. The van der Waals surface area contributed by atoms with Crippen LogP contribution in [0.3, 0.4) is 0 Å². The molecule has 7 heteroatoms. The van der Waals surface area contributed by atoms with Crippen molar-refractivity contribution in [1.82, 2.24) is 24.8 Å². The fourth-order valence-electron chi connectivity index (χ4n) is 3.78. The molecule has 3 aromatic heterocycles. The summed E-state index contributed by atoms with van der Waals surface area (Å²) in [5.41, 5.74) is 5.33. The largest absolute Gasteiger partial charge is 0.354 e. The Balaban J connectivity index is 1.49. The number of imidazole rings is 1. The average Bonchev–Trinajstić information content (AvgIpc) is 3.33. The van der Waals surface area contributed by atoms with Gasteiger partial charge in [-0.15, -0.1) is 0 Å². The summed E-state index contributed by atoms with van der Waals surface area (Å²) in [7, 11) is 0. The highest BCUT2D eigenvalue weighted by molar-refractivity contribution is 6.02. The minimum absolute atomic E-state index is 0.0357. The molecule has 30 heavy (non-hydrogen) atoms. The van der Waals surface area contributed by atoms with Crippen LogP contribution in [0, 0.1) is 6.92 Å². The number of aromatic amines is 1. The van der Waals surface area contributed by atoms with E-state index in [1.165, 1.54) is 6.92 Å². The van der Waals surface area contributed by atoms with Crippen molar-refractivity contribution >= 4 is 22.7 Å². The first-order chi connectivity index (χ1) is 14.5. The molecule has 0 fully saturated rings. The van der Waals surface area contributed by atoms with Crippen molar-refractivity contribution in [3.05, 3.63) is 77.0 Å². The van der Waals surface area contributed by atoms with E-state index in [-0.39, 0.29) is 11.7 Å². The van der Waals surface area contributed by atoms with Crippen molar-refractivity contribution in [2.24, 2.45) is 0 Å². The number of carbonyl (C=O) groups excluding carboxylic acids is 2. The standard InChI is InChI=1S/C23H23N5O2/c1-4-17-21(15(3)29)14(2)27-22(17)23(30)25-12-16-9-10-20(24-11-16)28-13-26-18-7-5-6-8-19(18)28/h5-11,13,27H,4,12H2,1-3H3,(H,25,30).